The van der Waals surface area contributed by atoms with E-state index in [2.05, 4.69) is 4.98 Å². The first-order chi connectivity index (χ1) is 7.18. The molecule has 0 radical (unpaired) electrons. The minimum Gasteiger partial charge on any atom is -0.370 e. The highest BCUT2D eigenvalue weighted by Crippen LogP contribution is 2.23. The van der Waals surface area contributed by atoms with Crippen LogP contribution in [0.1, 0.15) is 31.6 Å². The van der Waals surface area contributed by atoms with Crippen molar-refractivity contribution in [3.05, 3.63) is 16.6 Å². The van der Waals surface area contributed by atoms with Crippen LogP contribution in [0.5, 0.6) is 0 Å². The number of carbonyl (C=O) groups excluding carboxylic acids is 1. The first kappa shape index (κ1) is 12.3. The van der Waals surface area contributed by atoms with Crippen molar-refractivity contribution >= 4 is 17.1 Å². The lowest BCUT2D eigenvalue weighted by atomic mass is 9.90. The largest absolute Gasteiger partial charge is 0.370 e. The minimum absolute atomic E-state index is 0.152. The molecule has 4 heteroatoms. The number of carbonyl (C=O) groups is 1. The van der Waals surface area contributed by atoms with Crippen LogP contribution >= 0.6 is 11.3 Å². The van der Waals surface area contributed by atoms with E-state index >= 15 is 0 Å². The fourth-order valence-corrected chi connectivity index (χ4v) is 2.29. The monoisotopic (exact) mass is 227 g/mol. The van der Waals surface area contributed by atoms with Crippen molar-refractivity contribution in [3.63, 3.8) is 0 Å². The number of Topliss-reactive ketones (excluding diaryl/α,β-unsaturated/α-hetero) is 1. The third-order valence-corrected chi connectivity index (χ3v) is 3.64. The van der Waals surface area contributed by atoms with Gasteiger partial charge in [-0.05, 0) is 12.8 Å². The Morgan fingerprint density at radius 3 is 2.60 bits per heavy atom. The van der Waals surface area contributed by atoms with Crippen molar-refractivity contribution in [3.8, 4) is 0 Å². The SMILES string of the molecule is CCC(CC)(OC)C(=O)Cc1cncs1. The molecule has 0 aliphatic rings. The normalized spacial score (nSPS) is 11.7. The van der Waals surface area contributed by atoms with Crippen LogP contribution in [0, 0.1) is 0 Å². The van der Waals surface area contributed by atoms with Crippen molar-refractivity contribution in [1.82, 2.24) is 4.98 Å². The number of rotatable bonds is 6. The molecule has 15 heavy (non-hydrogen) atoms. The van der Waals surface area contributed by atoms with Crippen LogP contribution in [0.4, 0.5) is 0 Å². The molecule has 3 nitrogen and oxygen atoms in total. The molecule has 0 atom stereocenters. The summed E-state index contributed by atoms with van der Waals surface area (Å²) in [5.41, 5.74) is 1.14. The Morgan fingerprint density at radius 1 is 1.53 bits per heavy atom. The number of thiazole rings is 1. The van der Waals surface area contributed by atoms with Gasteiger partial charge in [0, 0.05) is 24.6 Å². The Bertz CT molecular complexity index is 296. The van der Waals surface area contributed by atoms with E-state index in [1.165, 1.54) is 11.3 Å². The highest BCUT2D eigenvalue weighted by atomic mass is 32.1. The Kier molecular flexibility index (Phi) is 4.42. The number of ketones is 1. The van der Waals surface area contributed by atoms with E-state index < -0.39 is 5.60 Å². The molecule has 0 saturated carbocycles. The van der Waals surface area contributed by atoms with Gasteiger partial charge in [0.05, 0.1) is 5.51 Å². The molecule has 0 saturated heterocycles. The predicted molar refractivity (Wildman–Crippen MR) is 61.1 cm³/mol. The lowest BCUT2D eigenvalue weighted by Crippen LogP contribution is -2.40. The molecular weight excluding hydrogens is 210 g/mol. The summed E-state index contributed by atoms with van der Waals surface area (Å²) >= 11 is 1.51. The summed E-state index contributed by atoms with van der Waals surface area (Å²) in [6.45, 7) is 3.97. The predicted octanol–water partition coefficient (Wildman–Crippen LogP) is 2.46. The topological polar surface area (TPSA) is 39.2 Å². The van der Waals surface area contributed by atoms with Gasteiger partial charge < -0.3 is 4.74 Å². The maximum Gasteiger partial charge on any atom is 0.169 e. The van der Waals surface area contributed by atoms with Crippen molar-refractivity contribution in [2.45, 2.75) is 38.7 Å². The van der Waals surface area contributed by atoms with Crippen LogP contribution in [0.25, 0.3) is 0 Å². The van der Waals surface area contributed by atoms with Crippen LogP contribution in [0.3, 0.4) is 0 Å². The maximum absolute atomic E-state index is 12.1. The highest BCUT2D eigenvalue weighted by Gasteiger charge is 2.34. The van der Waals surface area contributed by atoms with Gasteiger partial charge in [-0.1, -0.05) is 13.8 Å². The Hall–Kier alpha value is -0.740. The molecule has 0 unspecified atom stereocenters. The van der Waals surface area contributed by atoms with Crippen LogP contribution in [-0.2, 0) is 16.0 Å². The van der Waals surface area contributed by atoms with E-state index in [9.17, 15) is 4.79 Å². The maximum atomic E-state index is 12.1. The summed E-state index contributed by atoms with van der Waals surface area (Å²) in [4.78, 5) is 17.0. The summed E-state index contributed by atoms with van der Waals surface area (Å²) in [5.74, 6) is 0.152. The zero-order valence-electron chi connectivity index (χ0n) is 9.45. The third kappa shape index (κ3) is 2.63. The average Bonchev–Trinajstić information content (AvgIpc) is 2.74. The molecule has 0 spiro atoms. The molecule has 1 heterocycles. The molecule has 1 aromatic rings. The quantitative estimate of drug-likeness (QED) is 0.749. The van der Waals surface area contributed by atoms with Gasteiger partial charge in [0.1, 0.15) is 5.60 Å². The van der Waals surface area contributed by atoms with Gasteiger partial charge in [-0.2, -0.15) is 0 Å². The number of nitrogens with zero attached hydrogens (tertiary/aromatic N) is 1. The van der Waals surface area contributed by atoms with Gasteiger partial charge in [-0.3, -0.25) is 9.78 Å². The van der Waals surface area contributed by atoms with Crippen LogP contribution in [-0.4, -0.2) is 23.5 Å². The van der Waals surface area contributed by atoms with Gasteiger partial charge in [0.15, 0.2) is 5.78 Å². The summed E-state index contributed by atoms with van der Waals surface area (Å²) in [6, 6.07) is 0. The Morgan fingerprint density at radius 2 is 2.20 bits per heavy atom. The Balaban J connectivity index is 2.73. The first-order valence-electron chi connectivity index (χ1n) is 5.14. The molecule has 0 amide bonds. The number of methoxy groups -OCH3 is 1. The van der Waals surface area contributed by atoms with Gasteiger partial charge in [0.2, 0.25) is 0 Å². The van der Waals surface area contributed by atoms with E-state index in [1.807, 2.05) is 13.8 Å². The van der Waals surface area contributed by atoms with Gasteiger partial charge in [-0.15, -0.1) is 11.3 Å². The standard InChI is InChI=1S/C11H17NO2S/c1-4-11(5-2,14-3)10(13)6-9-7-12-8-15-9/h7-8H,4-6H2,1-3H3. The second kappa shape index (κ2) is 5.37. The van der Waals surface area contributed by atoms with Crippen molar-refractivity contribution in [2.75, 3.05) is 7.11 Å². The summed E-state index contributed by atoms with van der Waals surface area (Å²) < 4.78 is 5.38. The van der Waals surface area contributed by atoms with Crippen molar-refractivity contribution in [1.29, 1.82) is 0 Å². The van der Waals surface area contributed by atoms with E-state index in [-0.39, 0.29) is 5.78 Å². The number of hydrogen-bond acceptors (Lipinski definition) is 4. The van der Waals surface area contributed by atoms with Gasteiger partial charge in [0.25, 0.3) is 0 Å². The fraction of sp³-hybridized carbons (Fsp3) is 0.636. The van der Waals surface area contributed by atoms with Crippen molar-refractivity contribution < 1.29 is 9.53 Å². The molecule has 1 aromatic heterocycles. The third-order valence-electron chi connectivity index (χ3n) is 2.86. The van der Waals surface area contributed by atoms with Crippen LogP contribution in [0.15, 0.2) is 11.7 Å². The van der Waals surface area contributed by atoms with Gasteiger partial charge in [-0.25, -0.2) is 0 Å². The molecular formula is C11H17NO2S. The zero-order valence-corrected chi connectivity index (χ0v) is 10.3. The minimum atomic E-state index is -0.607. The van der Waals surface area contributed by atoms with Crippen LogP contribution in [0.2, 0.25) is 0 Å². The number of hydrogen-bond donors (Lipinski definition) is 0. The molecule has 0 aliphatic carbocycles. The van der Waals surface area contributed by atoms with Crippen molar-refractivity contribution in [2.24, 2.45) is 0 Å². The number of aromatic nitrogens is 1. The zero-order chi connectivity index (χ0) is 11.3. The second-order valence-corrected chi connectivity index (χ2v) is 4.44. The van der Waals surface area contributed by atoms with E-state index in [4.69, 9.17) is 4.74 Å². The molecule has 0 aromatic carbocycles. The lowest BCUT2D eigenvalue weighted by Gasteiger charge is -2.28. The molecule has 0 N–H and O–H groups in total. The first-order valence-corrected chi connectivity index (χ1v) is 6.02. The molecule has 0 bridgehead atoms. The van der Waals surface area contributed by atoms with Gasteiger partial charge >= 0.3 is 0 Å². The van der Waals surface area contributed by atoms with E-state index in [1.54, 1.807) is 18.8 Å². The molecule has 0 fully saturated rings. The van der Waals surface area contributed by atoms with Crippen LogP contribution < -0.4 is 0 Å². The summed E-state index contributed by atoms with van der Waals surface area (Å²) in [5, 5.41) is 0. The summed E-state index contributed by atoms with van der Waals surface area (Å²) in [7, 11) is 1.61. The second-order valence-electron chi connectivity index (χ2n) is 3.47. The number of ether oxygens (including phenoxy) is 1. The van der Waals surface area contributed by atoms with E-state index in [0.29, 0.717) is 6.42 Å². The molecule has 0 aliphatic heterocycles. The molecule has 1 rings (SSSR count). The fourth-order valence-electron chi connectivity index (χ4n) is 1.70. The Labute approximate surface area is 94.5 Å². The lowest BCUT2D eigenvalue weighted by molar-refractivity contribution is -0.141. The average molecular weight is 227 g/mol. The smallest absolute Gasteiger partial charge is 0.169 e. The highest BCUT2D eigenvalue weighted by molar-refractivity contribution is 7.09. The molecule has 84 valence electrons. The summed E-state index contributed by atoms with van der Waals surface area (Å²) in [6.07, 6.45) is 3.61. The van der Waals surface area contributed by atoms with E-state index in [0.717, 1.165) is 17.7 Å².